The Kier molecular flexibility index (Phi) is 4.97. The molecule has 23 heavy (non-hydrogen) atoms. The highest BCUT2D eigenvalue weighted by atomic mass is 32.2. The highest BCUT2D eigenvalue weighted by Crippen LogP contribution is 2.21. The van der Waals surface area contributed by atoms with Gasteiger partial charge in [0.05, 0.1) is 28.3 Å². The molecule has 1 atom stereocenters. The van der Waals surface area contributed by atoms with Crippen LogP contribution in [0, 0.1) is 6.92 Å². The quantitative estimate of drug-likeness (QED) is 0.716. The van der Waals surface area contributed by atoms with Gasteiger partial charge in [0.25, 0.3) is 5.91 Å². The van der Waals surface area contributed by atoms with Gasteiger partial charge in [0.1, 0.15) is 10.7 Å². The van der Waals surface area contributed by atoms with Gasteiger partial charge in [-0.1, -0.05) is 12.1 Å². The Morgan fingerprint density at radius 1 is 1.43 bits per heavy atom. The molecular weight excluding hydrogens is 328 g/mol. The van der Waals surface area contributed by atoms with Crippen LogP contribution in [0.5, 0.6) is 0 Å². The number of nitrogens with one attached hydrogen (secondary N) is 2. The van der Waals surface area contributed by atoms with Crippen LogP contribution < -0.4 is 5.32 Å². The van der Waals surface area contributed by atoms with E-state index < -0.39 is 0 Å². The van der Waals surface area contributed by atoms with Gasteiger partial charge in [-0.15, -0.1) is 11.3 Å². The maximum absolute atomic E-state index is 12.5. The van der Waals surface area contributed by atoms with Gasteiger partial charge in [-0.3, -0.25) is 4.79 Å². The maximum Gasteiger partial charge on any atom is 0.263 e. The number of amides is 1. The molecule has 0 saturated carbocycles. The summed E-state index contributed by atoms with van der Waals surface area (Å²) in [5.74, 6) is 1.66. The number of hydrogen-bond acceptors (Lipinski definition) is 5. The number of para-hydroxylation sites is 2. The molecule has 3 aromatic rings. The van der Waals surface area contributed by atoms with E-state index in [1.54, 1.807) is 17.3 Å². The predicted molar refractivity (Wildman–Crippen MR) is 96.2 cm³/mol. The van der Waals surface area contributed by atoms with Crippen molar-refractivity contribution >= 4 is 40.0 Å². The van der Waals surface area contributed by atoms with Crippen LogP contribution in [0.3, 0.4) is 0 Å². The topological polar surface area (TPSA) is 70.7 Å². The van der Waals surface area contributed by atoms with Crippen molar-refractivity contribution < 1.29 is 4.79 Å². The first-order valence-electron chi connectivity index (χ1n) is 7.33. The van der Waals surface area contributed by atoms with Gasteiger partial charge in [0, 0.05) is 0 Å². The molecule has 0 spiro atoms. The minimum Gasteiger partial charge on any atom is -0.341 e. The van der Waals surface area contributed by atoms with E-state index in [4.69, 9.17) is 0 Å². The molecule has 7 heteroatoms. The van der Waals surface area contributed by atoms with Crippen molar-refractivity contribution in [3.05, 3.63) is 46.2 Å². The fourth-order valence-electron chi connectivity index (χ4n) is 2.39. The van der Waals surface area contributed by atoms with Crippen molar-refractivity contribution in [2.75, 3.05) is 12.0 Å². The number of thiazole rings is 1. The Bertz CT molecular complexity index is 778. The number of aryl methyl sites for hydroxylation is 1. The standard InChI is InChI=1S/C16H18N4OS2/c1-10-14(23-9-17-10)16(21)20-13(7-8-22-2)15-18-11-5-3-4-6-12(11)19-15/h3-6,9,13H,7-8H2,1-2H3,(H,18,19)(H,20,21). The van der Waals surface area contributed by atoms with Gasteiger partial charge >= 0.3 is 0 Å². The molecule has 1 amide bonds. The molecule has 0 bridgehead atoms. The molecule has 2 aromatic heterocycles. The first kappa shape index (κ1) is 16.0. The van der Waals surface area contributed by atoms with Crippen molar-refractivity contribution in [2.24, 2.45) is 0 Å². The zero-order valence-electron chi connectivity index (χ0n) is 13.0. The zero-order valence-corrected chi connectivity index (χ0v) is 14.6. The Hall–Kier alpha value is -1.86. The molecule has 0 saturated heterocycles. The SMILES string of the molecule is CSCCC(NC(=O)c1scnc1C)c1nc2ccccc2[nH]1. The van der Waals surface area contributed by atoms with Crippen LogP contribution in [0.2, 0.25) is 0 Å². The summed E-state index contributed by atoms with van der Waals surface area (Å²) in [7, 11) is 0. The van der Waals surface area contributed by atoms with E-state index in [0.29, 0.717) is 4.88 Å². The molecule has 0 radical (unpaired) electrons. The maximum atomic E-state index is 12.5. The average molecular weight is 346 g/mol. The fourth-order valence-corrected chi connectivity index (χ4v) is 3.57. The highest BCUT2D eigenvalue weighted by Gasteiger charge is 2.21. The van der Waals surface area contributed by atoms with E-state index in [1.165, 1.54) is 11.3 Å². The summed E-state index contributed by atoms with van der Waals surface area (Å²) in [4.78, 5) is 25.3. The number of aromatic amines is 1. The molecular formula is C16H18N4OS2. The number of imidazole rings is 1. The lowest BCUT2D eigenvalue weighted by atomic mass is 10.2. The summed E-state index contributed by atoms with van der Waals surface area (Å²) in [6, 6.07) is 7.76. The summed E-state index contributed by atoms with van der Waals surface area (Å²) < 4.78 is 0. The van der Waals surface area contributed by atoms with E-state index in [0.717, 1.165) is 34.7 Å². The third kappa shape index (κ3) is 3.56. The first-order chi connectivity index (χ1) is 11.2. The van der Waals surface area contributed by atoms with E-state index in [1.807, 2.05) is 31.2 Å². The van der Waals surface area contributed by atoms with Crippen LogP contribution in [0.1, 0.15) is 33.7 Å². The van der Waals surface area contributed by atoms with Crippen molar-refractivity contribution in [3.8, 4) is 0 Å². The molecule has 5 nitrogen and oxygen atoms in total. The van der Waals surface area contributed by atoms with Gasteiger partial charge in [0.2, 0.25) is 0 Å². The molecule has 0 aliphatic carbocycles. The second kappa shape index (κ2) is 7.14. The molecule has 0 aliphatic heterocycles. The van der Waals surface area contributed by atoms with Crippen LogP contribution in [-0.2, 0) is 0 Å². The number of carbonyl (C=O) groups is 1. The van der Waals surface area contributed by atoms with Crippen LogP contribution >= 0.6 is 23.1 Å². The number of H-pyrrole nitrogens is 1. The molecule has 2 heterocycles. The average Bonchev–Trinajstić information content (AvgIpc) is 3.16. The largest absolute Gasteiger partial charge is 0.341 e. The zero-order chi connectivity index (χ0) is 16.2. The fraction of sp³-hybridized carbons (Fsp3) is 0.312. The Labute approximate surface area is 142 Å². The van der Waals surface area contributed by atoms with E-state index in [9.17, 15) is 4.79 Å². The molecule has 1 aromatic carbocycles. The minimum absolute atomic E-state index is 0.0865. The summed E-state index contributed by atoms with van der Waals surface area (Å²) in [6.07, 6.45) is 2.88. The van der Waals surface area contributed by atoms with E-state index >= 15 is 0 Å². The van der Waals surface area contributed by atoms with Crippen molar-refractivity contribution in [1.82, 2.24) is 20.3 Å². The molecule has 120 valence electrons. The highest BCUT2D eigenvalue weighted by molar-refractivity contribution is 7.98. The smallest absolute Gasteiger partial charge is 0.263 e. The lowest BCUT2D eigenvalue weighted by molar-refractivity contribution is 0.0937. The van der Waals surface area contributed by atoms with Crippen LogP contribution in [0.15, 0.2) is 29.8 Å². The Morgan fingerprint density at radius 2 is 2.26 bits per heavy atom. The lowest BCUT2D eigenvalue weighted by Crippen LogP contribution is -2.29. The minimum atomic E-state index is -0.135. The number of aromatic nitrogens is 3. The third-order valence-electron chi connectivity index (χ3n) is 3.61. The third-order valence-corrected chi connectivity index (χ3v) is 5.18. The number of rotatable bonds is 6. The van der Waals surface area contributed by atoms with Crippen molar-refractivity contribution in [2.45, 2.75) is 19.4 Å². The van der Waals surface area contributed by atoms with Crippen molar-refractivity contribution in [1.29, 1.82) is 0 Å². The monoisotopic (exact) mass is 346 g/mol. The van der Waals surface area contributed by atoms with Gasteiger partial charge in [-0.25, -0.2) is 9.97 Å². The van der Waals surface area contributed by atoms with Gasteiger partial charge < -0.3 is 10.3 Å². The lowest BCUT2D eigenvalue weighted by Gasteiger charge is -2.16. The van der Waals surface area contributed by atoms with Crippen LogP contribution in [0.25, 0.3) is 11.0 Å². The predicted octanol–water partition coefficient (Wildman–Crippen LogP) is 3.55. The van der Waals surface area contributed by atoms with E-state index in [-0.39, 0.29) is 11.9 Å². The second-order valence-electron chi connectivity index (χ2n) is 5.21. The van der Waals surface area contributed by atoms with Crippen LogP contribution in [0.4, 0.5) is 0 Å². The molecule has 2 N–H and O–H groups in total. The molecule has 3 rings (SSSR count). The number of nitrogens with zero attached hydrogens (tertiary/aromatic N) is 2. The molecule has 0 aliphatic rings. The number of fused-ring (bicyclic) bond motifs is 1. The molecule has 0 fully saturated rings. The second-order valence-corrected chi connectivity index (χ2v) is 7.05. The number of thioether (sulfide) groups is 1. The number of hydrogen-bond donors (Lipinski definition) is 2. The van der Waals surface area contributed by atoms with Crippen LogP contribution in [-0.4, -0.2) is 32.9 Å². The van der Waals surface area contributed by atoms with Gasteiger partial charge in [-0.2, -0.15) is 11.8 Å². The first-order valence-corrected chi connectivity index (χ1v) is 9.61. The summed E-state index contributed by atoms with van der Waals surface area (Å²) in [5.41, 5.74) is 4.36. The summed E-state index contributed by atoms with van der Waals surface area (Å²) in [6.45, 7) is 1.85. The number of carbonyl (C=O) groups excluding carboxylic acids is 1. The van der Waals surface area contributed by atoms with E-state index in [2.05, 4.69) is 26.5 Å². The Balaban J connectivity index is 1.85. The number of benzene rings is 1. The Morgan fingerprint density at radius 3 is 2.96 bits per heavy atom. The molecule has 1 unspecified atom stereocenters. The summed E-state index contributed by atoms with van der Waals surface area (Å²) in [5, 5.41) is 3.10. The van der Waals surface area contributed by atoms with Gasteiger partial charge in [-0.05, 0) is 37.5 Å². The van der Waals surface area contributed by atoms with Crippen molar-refractivity contribution in [3.63, 3.8) is 0 Å². The summed E-state index contributed by atoms with van der Waals surface area (Å²) >= 11 is 3.12. The van der Waals surface area contributed by atoms with Gasteiger partial charge in [0.15, 0.2) is 0 Å². The normalized spacial score (nSPS) is 12.4.